The molecule has 0 saturated carbocycles. The predicted molar refractivity (Wildman–Crippen MR) is 131 cm³/mol. The van der Waals surface area contributed by atoms with Crippen molar-refractivity contribution in [2.45, 2.75) is 56.7 Å². The van der Waals surface area contributed by atoms with E-state index in [4.69, 9.17) is 5.73 Å². The van der Waals surface area contributed by atoms with E-state index in [1.165, 1.54) is 11.1 Å². The number of nitrogens with two attached hydrogens (primary N) is 1. The lowest BCUT2D eigenvalue weighted by Gasteiger charge is -2.21. The molecular weight excluding hydrogens is 430 g/mol. The van der Waals surface area contributed by atoms with E-state index in [9.17, 15) is 14.4 Å². The van der Waals surface area contributed by atoms with Crippen LogP contribution >= 0.6 is 0 Å². The van der Waals surface area contributed by atoms with Crippen LogP contribution in [-0.4, -0.2) is 48.9 Å². The third kappa shape index (κ3) is 6.21. The Morgan fingerprint density at radius 3 is 2.65 bits per heavy atom. The van der Waals surface area contributed by atoms with E-state index in [0.29, 0.717) is 25.8 Å². The van der Waals surface area contributed by atoms with Gasteiger partial charge in [-0.25, -0.2) is 0 Å². The molecule has 2 aromatic carbocycles. The molecule has 0 aromatic heterocycles. The van der Waals surface area contributed by atoms with Crippen LogP contribution in [-0.2, 0) is 33.6 Å². The molecule has 8 nitrogen and oxygen atoms in total. The minimum atomic E-state index is -0.680. The van der Waals surface area contributed by atoms with E-state index in [1.54, 1.807) is 0 Å². The Kier molecular flexibility index (Phi) is 7.92. The predicted octanol–water partition coefficient (Wildman–Crippen LogP) is 1.04. The molecule has 6 N–H and O–H groups in total. The van der Waals surface area contributed by atoms with Crippen molar-refractivity contribution in [2.75, 3.05) is 18.4 Å². The summed E-state index contributed by atoms with van der Waals surface area (Å²) in [7, 11) is 0. The van der Waals surface area contributed by atoms with Crippen molar-refractivity contribution in [3.63, 3.8) is 0 Å². The number of nitrogens with one attached hydrogen (secondary N) is 4. The summed E-state index contributed by atoms with van der Waals surface area (Å²) in [6.45, 7) is 0.400. The minimum Gasteiger partial charge on any atom is -0.351 e. The summed E-state index contributed by atoms with van der Waals surface area (Å²) in [6.07, 6.45) is 4.85. The number of anilines is 1. The molecule has 4 rings (SSSR count). The van der Waals surface area contributed by atoms with Gasteiger partial charge in [0.2, 0.25) is 17.7 Å². The summed E-state index contributed by atoms with van der Waals surface area (Å²) >= 11 is 0. The first-order valence-electron chi connectivity index (χ1n) is 12.0. The maximum absolute atomic E-state index is 13.2. The fourth-order valence-corrected chi connectivity index (χ4v) is 4.71. The Hall–Kier alpha value is -3.23. The van der Waals surface area contributed by atoms with Crippen LogP contribution in [0.1, 0.15) is 36.0 Å². The van der Waals surface area contributed by atoms with Gasteiger partial charge in [-0.1, -0.05) is 36.4 Å². The van der Waals surface area contributed by atoms with Gasteiger partial charge in [0.15, 0.2) is 0 Å². The van der Waals surface area contributed by atoms with Crippen molar-refractivity contribution >= 4 is 23.4 Å². The highest BCUT2D eigenvalue weighted by molar-refractivity contribution is 5.98. The largest absolute Gasteiger partial charge is 0.351 e. The Balaban J connectivity index is 1.40. The van der Waals surface area contributed by atoms with Crippen LogP contribution in [0, 0.1) is 0 Å². The van der Waals surface area contributed by atoms with E-state index in [2.05, 4.69) is 27.3 Å². The number of rotatable bonds is 9. The highest BCUT2D eigenvalue weighted by Crippen LogP contribution is 2.25. The van der Waals surface area contributed by atoms with E-state index in [1.807, 2.05) is 42.5 Å². The zero-order valence-electron chi connectivity index (χ0n) is 19.3. The summed E-state index contributed by atoms with van der Waals surface area (Å²) in [6, 6.07) is 14.6. The average Bonchev–Trinajstić information content (AvgIpc) is 3.51. The number of carbonyl (C=O) groups excluding carboxylic acids is 3. The second-order valence-electron chi connectivity index (χ2n) is 9.08. The fourth-order valence-electron chi connectivity index (χ4n) is 4.71. The average molecular weight is 464 g/mol. The first kappa shape index (κ1) is 23.9. The maximum Gasteiger partial charge on any atom is 0.246 e. The van der Waals surface area contributed by atoms with Crippen LogP contribution in [0.25, 0.3) is 0 Å². The zero-order valence-corrected chi connectivity index (χ0v) is 19.3. The highest BCUT2D eigenvalue weighted by atomic mass is 16.2. The molecule has 1 heterocycles. The van der Waals surface area contributed by atoms with Crippen molar-refractivity contribution in [1.29, 1.82) is 0 Å². The zero-order chi connectivity index (χ0) is 23.9. The van der Waals surface area contributed by atoms with Crippen LogP contribution in [0.2, 0.25) is 0 Å². The van der Waals surface area contributed by atoms with Gasteiger partial charge in [-0.15, -0.1) is 0 Å². The lowest BCUT2D eigenvalue weighted by Crippen LogP contribution is -2.50. The Labute approximate surface area is 200 Å². The van der Waals surface area contributed by atoms with E-state index in [0.717, 1.165) is 30.5 Å². The minimum absolute atomic E-state index is 0.0855. The molecule has 2 aliphatic rings. The Bertz CT molecular complexity index is 1030. The van der Waals surface area contributed by atoms with Crippen LogP contribution in [0.15, 0.2) is 48.5 Å². The van der Waals surface area contributed by atoms with Gasteiger partial charge in [0.25, 0.3) is 0 Å². The monoisotopic (exact) mass is 463 g/mol. The van der Waals surface area contributed by atoms with Crippen LogP contribution in [0.5, 0.6) is 0 Å². The Morgan fingerprint density at radius 1 is 1.06 bits per heavy atom. The molecule has 0 bridgehead atoms. The normalized spacial score (nSPS) is 19.8. The summed E-state index contributed by atoms with van der Waals surface area (Å²) in [5, 5.41) is 11.9. The van der Waals surface area contributed by atoms with E-state index < -0.39 is 12.1 Å². The molecule has 34 heavy (non-hydrogen) atoms. The lowest BCUT2D eigenvalue weighted by molar-refractivity contribution is -0.127. The molecule has 1 aliphatic heterocycles. The SMILES string of the molecule is NCC(=O)NC1CNC(C(=O)NC(CCc2ccccc2)C(=O)Nc2ccc3c(c2)CCC3)C1. The van der Waals surface area contributed by atoms with Gasteiger partial charge in [0, 0.05) is 18.3 Å². The van der Waals surface area contributed by atoms with Crippen LogP contribution < -0.4 is 27.0 Å². The number of carbonyl (C=O) groups is 3. The third-order valence-electron chi connectivity index (χ3n) is 6.56. The number of amides is 3. The maximum atomic E-state index is 13.2. The smallest absolute Gasteiger partial charge is 0.246 e. The Morgan fingerprint density at radius 2 is 1.85 bits per heavy atom. The quantitative estimate of drug-likeness (QED) is 0.380. The van der Waals surface area contributed by atoms with Gasteiger partial charge in [0.05, 0.1) is 12.6 Å². The molecule has 1 fully saturated rings. The van der Waals surface area contributed by atoms with Crippen molar-refractivity contribution in [3.8, 4) is 0 Å². The third-order valence-corrected chi connectivity index (χ3v) is 6.56. The number of benzene rings is 2. The van der Waals surface area contributed by atoms with Gasteiger partial charge < -0.3 is 27.0 Å². The molecule has 2 aromatic rings. The molecule has 1 saturated heterocycles. The van der Waals surface area contributed by atoms with Crippen LogP contribution in [0.4, 0.5) is 5.69 Å². The standard InChI is InChI=1S/C26H33N5O3/c27-15-24(32)29-21-14-23(28-16-21)26(34)31-22(12-9-17-5-2-1-3-6-17)25(33)30-20-11-10-18-7-4-8-19(18)13-20/h1-3,5-6,10-11,13,21-23,28H,4,7-9,12,14-16,27H2,(H,29,32)(H,30,33)(H,31,34). The van der Waals surface area contributed by atoms with Gasteiger partial charge in [-0.05, 0) is 67.3 Å². The molecule has 180 valence electrons. The molecule has 1 aliphatic carbocycles. The van der Waals surface area contributed by atoms with Crippen molar-refractivity contribution in [1.82, 2.24) is 16.0 Å². The highest BCUT2D eigenvalue weighted by Gasteiger charge is 2.32. The first-order chi connectivity index (χ1) is 16.5. The molecule has 3 atom stereocenters. The molecule has 8 heteroatoms. The molecule has 3 unspecified atom stereocenters. The number of fused-ring (bicyclic) bond motifs is 1. The second-order valence-corrected chi connectivity index (χ2v) is 9.08. The van der Waals surface area contributed by atoms with E-state index >= 15 is 0 Å². The lowest BCUT2D eigenvalue weighted by atomic mass is 10.0. The second kappa shape index (κ2) is 11.3. The fraction of sp³-hybridized carbons (Fsp3) is 0.423. The summed E-state index contributed by atoms with van der Waals surface area (Å²) in [4.78, 5) is 37.8. The molecular formula is C26H33N5O3. The van der Waals surface area contributed by atoms with Gasteiger partial charge in [-0.2, -0.15) is 0 Å². The summed E-state index contributed by atoms with van der Waals surface area (Å²) in [5.41, 5.74) is 9.85. The molecule has 0 radical (unpaired) electrons. The van der Waals surface area contributed by atoms with Crippen molar-refractivity contribution in [3.05, 3.63) is 65.2 Å². The van der Waals surface area contributed by atoms with Gasteiger partial charge in [-0.3, -0.25) is 14.4 Å². The topological polar surface area (TPSA) is 125 Å². The first-order valence-corrected chi connectivity index (χ1v) is 12.0. The summed E-state index contributed by atoms with van der Waals surface area (Å²) < 4.78 is 0. The van der Waals surface area contributed by atoms with Crippen molar-refractivity contribution in [2.24, 2.45) is 5.73 Å². The number of hydrogen-bond donors (Lipinski definition) is 5. The number of hydrogen-bond acceptors (Lipinski definition) is 5. The van der Waals surface area contributed by atoms with Gasteiger partial charge >= 0.3 is 0 Å². The molecule has 0 spiro atoms. The molecule has 3 amide bonds. The number of aryl methyl sites for hydroxylation is 3. The van der Waals surface area contributed by atoms with E-state index in [-0.39, 0.29) is 30.3 Å². The van der Waals surface area contributed by atoms with Crippen LogP contribution in [0.3, 0.4) is 0 Å². The van der Waals surface area contributed by atoms with Gasteiger partial charge in [0.1, 0.15) is 6.04 Å². The van der Waals surface area contributed by atoms with Crippen molar-refractivity contribution < 1.29 is 14.4 Å². The summed E-state index contributed by atoms with van der Waals surface area (Å²) in [5.74, 6) is -0.720.